The van der Waals surface area contributed by atoms with Crippen molar-refractivity contribution in [3.63, 3.8) is 0 Å². The second-order valence-corrected chi connectivity index (χ2v) is 6.89. The smallest absolute Gasteiger partial charge is 0.277 e. The second kappa shape index (κ2) is 10.8. The van der Waals surface area contributed by atoms with Gasteiger partial charge in [0, 0.05) is 0 Å². The topological polar surface area (TPSA) is 59.9 Å². The van der Waals surface area contributed by atoms with Crippen LogP contribution < -0.4 is 14.9 Å². The number of rotatable bonds is 9. The van der Waals surface area contributed by atoms with Crippen molar-refractivity contribution in [2.75, 3.05) is 6.61 Å². The molecule has 3 rings (SSSR count). The predicted octanol–water partition coefficient (Wildman–Crippen LogP) is 4.67. The van der Waals surface area contributed by atoms with Crippen molar-refractivity contribution in [3.05, 3.63) is 95.1 Å². The van der Waals surface area contributed by atoms with Crippen LogP contribution in [0, 0.1) is 6.92 Å². The highest BCUT2D eigenvalue weighted by molar-refractivity contribution is 5.83. The van der Waals surface area contributed by atoms with Crippen molar-refractivity contribution in [2.45, 2.75) is 26.9 Å². The van der Waals surface area contributed by atoms with Gasteiger partial charge in [-0.3, -0.25) is 4.79 Å². The fourth-order valence-corrected chi connectivity index (χ4v) is 2.79. The van der Waals surface area contributed by atoms with E-state index < -0.39 is 0 Å². The third kappa shape index (κ3) is 6.48. The maximum Gasteiger partial charge on any atom is 0.277 e. The molecule has 0 atom stereocenters. The summed E-state index contributed by atoms with van der Waals surface area (Å²) in [5.41, 5.74) is 6.76. The maximum atomic E-state index is 11.9. The molecule has 0 aliphatic heterocycles. The van der Waals surface area contributed by atoms with E-state index >= 15 is 0 Å². The van der Waals surface area contributed by atoms with E-state index in [1.807, 2.05) is 55.5 Å². The molecule has 1 amide bonds. The zero-order chi connectivity index (χ0) is 21.2. The minimum atomic E-state index is -0.310. The van der Waals surface area contributed by atoms with Crippen molar-refractivity contribution in [2.24, 2.45) is 5.10 Å². The third-order valence-corrected chi connectivity index (χ3v) is 4.52. The third-order valence-electron chi connectivity index (χ3n) is 4.52. The van der Waals surface area contributed by atoms with Crippen LogP contribution in [0.5, 0.6) is 11.5 Å². The fraction of sp³-hybridized carbons (Fsp3) is 0.200. The van der Waals surface area contributed by atoms with Crippen LogP contribution in [0.4, 0.5) is 0 Å². The van der Waals surface area contributed by atoms with Gasteiger partial charge in [0.1, 0.15) is 18.1 Å². The highest BCUT2D eigenvalue weighted by Crippen LogP contribution is 2.18. The largest absolute Gasteiger partial charge is 0.489 e. The minimum absolute atomic E-state index is 0.0832. The first kappa shape index (κ1) is 21.1. The van der Waals surface area contributed by atoms with Gasteiger partial charge >= 0.3 is 0 Å². The average Bonchev–Trinajstić information content (AvgIpc) is 2.78. The Hall–Kier alpha value is -3.60. The molecule has 0 unspecified atom stereocenters. The molecule has 0 aliphatic carbocycles. The molecule has 0 bridgehead atoms. The molecule has 0 radical (unpaired) electrons. The number of carbonyl (C=O) groups excluding carboxylic acids is 1. The maximum absolute atomic E-state index is 11.9. The van der Waals surface area contributed by atoms with Gasteiger partial charge in [0.2, 0.25) is 0 Å². The van der Waals surface area contributed by atoms with Crippen molar-refractivity contribution in [1.29, 1.82) is 0 Å². The van der Waals surface area contributed by atoms with Crippen LogP contribution in [-0.2, 0) is 17.8 Å². The molecule has 5 heteroatoms. The number of carbonyl (C=O) groups is 1. The Labute approximate surface area is 177 Å². The van der Waals surface area contributed by atoms with Gasteiger partial charge in [0.25, 0.3) is 5.91 Å². The van der Waals surface area contributed by atoms with Gasteiger partial charge in [-0.2, -0.15) is 5.10 Å². The lowest BCUT2D eigenvalue weighted by atomic mass is 10.1. The lowest BCUT2D eigenvalue weighted by molar-refractivity contribution is -0.123. The first-order valence-electron chi connectivity index (χ1n) is 9.95. The molecular weight excluding hydrogens is 376 g/mol. The van der Waals surface area contributed by atoms with Gasteiger partial charge in [-0.1, -0.05) is 55.0 Å². The van der Waals surface area contributed by atoms with E-state index in [1.165, 1.54) is 5.56 Å². The van der Waals surface area contributed by atoms with Gasteiger partial charge in [0.15, 0.2) is 6.61 Å². The van der Waals surface area contributed by atoms with E-state index in [9.17, 15) is 4.79 Å². The molecule has 0 aromatic heterocycles. The van der Waals surface area contributed by atoms with Crippen molar-refractivity contribution in [1.82, 2.24) is 5.43 Å². The Kier molecular flexibility index (Phi) is 7.61. The number of nitrogens with one attached hydrogen (secondary N) is 1. The summed E-state index contributed by atoms with van der Waals surface area (Å²) in [6.07, 6.45) is 2.43. The number of nitrogens with zero attached hydrogens (tertiary/aromatic N) is 1. The molecule has 3 aromatic carbocycles. The summed E-state index contributed by atoms with van der Waals surface area (Å²) in [5.74, 6) is 1.19. The van der Waals surface area contributed by atoms with Gasteiger partial charge in [-0.05, 0) is 60.4 Å². The van der Waals surface area contributed by atoms with E-state index in [0.29, 0.717) is 6.61 Å². The van der Waals surface area contributed by atoms with Crippen molar-refractivity contribution >= 4 is 12.1 Å². The molecule has 3 aromatic rings. The number of aryl methyl sites for hydroxylation is 2. The first-order chi connectivity index (χ1) is 14.6. The Balaban J connectivity index is 1.43. The summed E-state index contributed by atoms with van der Waals surface area (Å²) in [4.78, 5) is 11.9. The van der Waals surface area contributed by atoms with E-state index in [4.69, 9.17) is 9.47 Å². The summed E-state index contributed by atoms with van der Waals surface area (Å²) in [7, 11) is 0. The molecule has 154 valence electrons. The summed E-state index contributed by atoms with van der Waals surface area (Å²) in [6, 6.07) is 23.5. The van der Waals surface area contributed by atoms with Crippen LogP contribution in [-0.4, -0.2) is 18.7 Å². The van der Waals surface area contributed by atoms with E-state index in [-0.39, 0.29) is 12.5 Å². The Bertz CT molecular complexity index is 980. The fourth-order valence-electron chi connectivity index (χ4n) is 2.79. The summed E-state index contributed by atoms with van der Waals surface area (Å²) in [5, 5.41) is 3.98. The summed E-state index contributed by atoms with van der Waals surface area (Å²) in [6.45, 7) is 4.54. The Morgan fingerprint density at radius 2 is 1.70 bits per heavy atom. The number of benzene rings is 3. The molecule has 0 aliphatic rings. The van der Waals surface area contributed by atoms with Crippen LogP contribution in [0.3, 0.4) is 0 Å². The Morgan fingerprint density at radius 3 is 2.43 bits per heavy atom. The van der Waals surface area contributed by atoms with Crippen LogP contribution in [0.15, 0.2) is 77.9 Å². The number of hydrazone groups is 1. The molecular formula is C25H26N2O3. The number of hydrogen-bond donors (Lipinski definition) is 1. The summed E-state index contributed by atoms with van der Waals surface area (Å²) < 4.78 is 11.4. The van der Waals surface area contributed by atoms with Crippen molar-refractivity contribution < 1.29 is 14.3 Å². The zero-order valence-electron chi connectivity index (χ0n) is 17.3. The quantitative estimate of drug-likeness (QED) is 0.418. The Morgan fingerprint density at radius 1 is 0.967 bits per heavy atom. The van der Waals surface area contributed by atoms with E-state index in [2.05, 4.69) is 41.7 Å². The van der Waals surface area contributed by atoms with Crippen LogP contribution >= 0.6 is 0 Å². The van der Waals surface area contributed by atoms with Gasteiger partial charge in [-0.25, -0.2) is 5.43 Å². The molecule has 0 fully saturated rings. The molecule has 0 saturated heterocycles. The molecule has 0 spiro atoms. The van der Waals surface area contributed by atoms with E-state index in [0.717, 1.165) is 34.6 Å². The number of ether oxygens (including phenoxy) is 2. The normalized spacial score (nSPS) is 10.7. The second-order valence-electron chi connectivity index (χ2n) is 6.89. The monoisotopic (exact) mass is 402 g/mol. The van der Waals surface area contributed by atoms with Gasteiger partial charge in [0.05, 0.1) is 6.21 Å². The molecule has 30 heavy (non-hydrogen) atoms. The number of para-hydroxylation sites is 1. The molecule has 1 N–H and O–H groups in total. The van der Waals surface area contributed by atoms with Gasteiger partial charge < -0.3 is 9.47 Å². The molecule has 5 nitrogen and oxygen atoms in total. The average molecular weight is 402 g/mol. The van der Waals surface area contributed by atoms with Gasteiger partial charge in [-0.15, -0.1) is 0 Å². The molecule has 0 saturated carbocycles. The lowest BCUT2D eigenvalue weighted by Gasteiger charge is -2.09. The van der Waals surface area contributed by atoms with E-state index in [1.54, 1.807) is 6.21 Å². The first-order valence-corrected chi connectivity index (χ1v) is 9.95. The number of hydrogen-bond acceptors (Lipinski definition) is 4. The zero-order valence-corrected chi connectivity index (χ0v) is 17.3. The van der Waals surface area contributed by atoms with Crippen LogP contribution in [0.2, 0.25) is 0 Å². The highest BCUT2D eigenvalue weighted by Gasteiger charge is 2.04. The van der Waals surface area contributed by atoms with Crippen LogP contribution in [0.1, 0.15) is 29.2 Å². The standard InChI is InChI=1S/C25H26N2O3/c1-3-22-6-4-5-7-24(22)30-18-25(28)27-26-16-20-12-14-23(15-13-20)29-17-21-10-8-19(2)9-11-21/h4-16H,3,17-18H2,1-2H3,(H,27,28)/b26-16+. The molecule has 0 heterocycles. The van der Waals surface area contributed by atoms with Crippen molar-refractivity contribution in [3.8, 4) is 11.5 Å². The van der Waals surface area contributed by atoms with Crippen LogP contribution in [0.25, 0.3) is 0 Å². The highest BCUT2D eigenvalue weighted by atomic mass is 16.5. The summed E-state index contributed by atoms with van der Waals surface area (Å²) >= 11 is 0. The number of amides is 1. The minimum Gasteiger partial charge on any atom is -0.489 e. The predicted molar refractivity (Wildman–Crippen MR) is 119 cm³/mol. The lowest BCUT2D eigenvalue weighted by Crippen LogP contribution is -2.24. The SMILES string of the molecule is CCc1ccccc1OCC(=O)N/N=C/c1ccc(OCc2ccc(C)cc2)cc1.